The van der Waals surface area contributed by atoms with E-state index in [4.69, 9.17) is 5.73 Å². The maximum absolute atomic E-state index is 12.0. The monoisotopic (exact) mass is 318 g/mol. The Morgan fingerprint density at radius 2 is 1.74 bits per heavy atom. The van der Waals surface area contributed by atoms with E-state index in [2.05, 4.69) is 22.0 Å². The van der Waals surface area contributed by atoms with Crippen molar-refractivity contribution in [1.82, 2.24) is 15.1 Å². The maximum atomic E-state index is 12.0. The number of hydrogen-bond donors (Lipinski definition) is 2. The lowest BCUT2D eigenvalue weighted by Gasteiger charge is -2.33. The van der Waals surface area contributed by atoms with E-state index in [1.165, 1.54) is 26.2 Å². The van der Waals surface area contributed by atoms with Gasteiger partial charge in [-0.2, -0.15) is 0 Å². The van der Waals surface area contributed by atoms with Gasteiger partial charge in [0.25, 0.3) is 5.91 Å². The van der Waals surface area contributed by atoms with Crippen molar-refractivity contribution >= 4 is 5.91 Å². The number of nitrogens with one attached hydrogen (secondary N) is 1. The fourth-order valence-electron chi connectivity index (χ4n) is 2.89. The Morgan fingerprint density at radius 1 is 1.09 bits per heavy atom. The summed E-state index contributed by atoms with van der Waals surface area (Å²) in [4.78, 5) is 17.0. The van der Waals surface area contributed by atoms with Gasteiger partial charge in [-0.1, -0.05) is 19.1 Å². The smallest absolute Gasteiger partial charge is 0.251 e. The Balaban J connectivity index is 1.57. The highest BCUT2D eigenvalue weighted by Gasteiger charge is 2.14. The molecule has 0 bridgehead atoms. The number of likely N-dealkylation sites (N-methyl/N-ethyl adjacent to an activating group) is 1. The number of piperazine rings is 1. The number of amides is 1. The van der Waals surface area contributed by atoms with Crippen molar-refractivity contribution in [2.24, 2.45) is 5.73 Å². The quantitative estimate of drug-likeness (QED) is 0.709. The summed E-state index contributed by atoms with van der Waals surface area (Å²) in [6, 6.07) is 7.49. The van der Waals surface area contributed by atoms with E-state index in [0.717, 1.165) is 38.0 Å². The summed E-state index contributed by atoms with van der Waals surface area (Å²) >= 11 is 0. The zero-order chi connectivity index (χ0) is 16.5. The zero-order valence-electron chi connectivity index (χ0n) is 14.3. The average Bonchev–Trinajstić information content (AvgIpc) is 2.62. The third-order valence-corrected chi connectivity index (χ3v) is 4.55. The summed E-state index contributed by atoms with van der Waals surface area (Å²) in [6.45, 7) is 10.5. The fourth-order valence-corrected chi connectivity index (χ4v) is 2.89. The summed E-state index contributed by atoms with van der Waals surface area (Å²) in [6.07, 6.45) is 2.17. The minimum Gasteiger partial charge on any atom is -0.352 e. The van der Waals surface area contributed by atoms with Crippen LogP contribution in [-0.2, 0) is 6.54 Å². The van der Waals surface area contributed by atoms with E-state index in [0.29, 0.717) is 12.1 Å². The van der Waals surface area contributed by atoms with Crippen molar-refractivity contribution in [3.05, 3.63) is 35.4 Å². The first kappa shape index (κ1) is 17.9. The molecule has 2 rings (SSSR count). The van der Waals surface area contributed by atoms with Gasteiger partial charge in [0.2, 0.25) is 0 Å². The zero-order valence-corrected chi connectivity index (χ0v) is 14.3. The molecule has 3 N–H and O–H groups in total. The number of benzene rings is 1. The van der Waals surface area contributed by atoms with Gasteiger partial charge in [-0.3, -0.25) is 4.79 Å². The summed E-state index contributed by atoms with van der Waals surface area (Å²) in [5, 5.41) is 2.99. The van der Waals surface area contributed by atoms with Crippen molar-refractivity contribution in [3.63, 3.8) is 0 Å². The number of carbonyl (C=O) groups excluding carboxylic acids is 1. The van der Waals surface area contributed by atoms with Crippen molar-refractivity contribution in [1.29, 1.82) is 0 Å². The van der Waals surface area contributed by atoms with Crippen molar-refractivity contribution < 1.29 is 4.79 Å². The molecule has 1 aromatic rings. The van der Waals surface area contributed by atoms with Crippen LogP contribution < -0.4 is 11.1 Å². The van der Waals surface area contributed by atoms with E-state index >= 15 is 0 Å². The highest BCUT2D eigenvalue weighted by Crippen LogP contribution is 2.05. The average molecular weight is 318 g/mol. The highest BCUT2D eigenvalue weighted by atomic mass is 16.1. The molecule has 23 heavy (non-hydrogen) atoms. The summed E-state index contributed by atoms with van der Waals surface area (Å²) in [5.41, 5.74) is 7.31. The number of nitrogens with two attached hydrogens (primary N) is 1. The minimum atomic E-state index is 0.00475. The fraction of sp³-hybridized carbons (Fsp3) is 0.611. The maximum Gasteiger partial charge on any atom is 0.251 e. The minimum absolute atomic E-state index is 0.00475. The van der Waals surface area contributed by atoms with Gasteiger partial charge in [-0.05, 0) is 43.6 Å². The summed E-state index contributed by atoms with van der Waals surface area (Å²) < 4.78 is 0. The van der Waals surface area contributed by atoms with E-state index in [9.17, 15) is 4.79 Å². The number of rotatable bonds is 8. The Labute approximate surface area is 139 Å². The largest absolute Gasteiger partial charge is 0.352 e. The van der Waals surface area contributed by atoms with Crippen LogP contribution in [0.4, 0.5) is 0 Å². The van der Waals surface area contributed by atoms with Crippen LogP contribution in [0.15, 0.2) is 24.3 Å². The second-order valence-corrected chi connectivity index (χ2v) is 6.14. The van der Waals surface area contributed by atoms with Gasteiger partial charge in [0.05, 0.1) is 0 Å². The first-order valence-corrected chi connectivity index (χ1v) is 8.75. The van der Waals surface area contributed by atoms with Gasteiger partial charge in [0.15, 0.2) is 0 Å². The van der Waals surface area contributed by atoms with Crippen molar-refractivity contribution in [2.75, 3.05) is 45.8 Å². The molecule has 0 aromatic heterocycles. The number of hydrogen-bond acceptors (Lipinski definition) is 4. The van der Waals surface area contributed by atoms with E-state index < -0.39 is 0 Å². The van der Waals surface area contributed by atoms with E-state index in [-0.39, 0.29) is 5.91 Å². The van der Waals surface area contributed by atoms with Crippen LogP contribution in [0.1, 0.15) is 35.7 Å². The Morgan fingerprint density at radius 3 is 2.35 bits per heavy atom. The van der Waals surface area contributed by atoms with E-state index in [1.54, 1.807) is 0 Å². The lowest BCUT2D eigenvalue weighted by molar-refractivity contribution is 0.0951. The third kappa shape index (κ3) is 5.94. The first-order chi connectivity index (χ1) is 11.2. The Bertz CT molecular complexity index is 466. The van der Waals surface area contributed by atoms with Gasteiger partial charge < -0.3 is 20.9 Å². The number of nitrogens with zero attached hydrogens (tertiary/aromatic N) is 2. The van der Waals surface area contributed by atoms with Crippen LogP contribution in [-0.4, -0.2) is 61.5 Å². The number of unbranched alkanes of at least 4 members (excludes halogenated alkanes) is 1. The molecule has 1 aliphatic heterocycles. The standard InChI is InChI=1S/C18H30N4O/c1-2-21-11-13-22(14-12-21)10-4-3-9-20-18(23)17-7-5-16(15-19)6-8-17/h5-8H,2-4,9-15,19H2,1H3,(H,20,23). The van der Waals surface area contributed by atoms with Crippen molar-refractivity contribution in [2.45, 2.75) is 26.3 Å². The molecule has 0 aliphatic carbocycles. The normalized spacial score (nSPS) is 16.4. The molecule has 1 aliphatic rings. The molecule has 5 heteroatoms. The molecule has 1 amide bonds. The Hall–Kier alpha value is -1.43. The van der Waals surface area contributed by atoms with Crippen LogP contribution in [0.2, 0.25) is 0 Å². The summed E-state index contributed by atoms with van der Waals surface area (Å²) in [5.74, 6) is 0.00475. The highest BCUT2D eigenvalue weighted by molar-refractivity contribution is 5.94. The molecular weight excluding hydrogens is 288 g/mol. The van der Waals surface area contributed by atoms with Crippen LogP contribution in [0.3, 0.4) is 0 Å². The molecular formula is C18H30N4O. The molecule has 5 nitrogen and oxygen atoms in total. The van der Waals surface area contributed by atoms with E-state index in [1.807, 2.05) is 24.3 Å². The van der Waals surface area contributed by atoms with Crippen molar-refractivity contribution in [3.8, 4) is 0 Å². The second-order valence-electron chi connectivity index (χ2n) is 6.14. The molecule has 1 aromatic carbocycles. The van der Waals surface area contributed by atoms with Crippen LogP contribution in [0, 0.1) is 0 Å². The van der Waals surface area contributed by atoms with Gasteiger partial charge in [0, 0.05) is 44.8 Å². The molecule has 0 saturated carbocycles. The first-order valence-electron chi connectivity index (χ1n) is 8.75. The van der Waals surface area contributed by atoms with Gasteiger partial charge in [-0.25, -0.2) is 0 Å². The van der Waals surface area contributed by atoms with Crippen LogP contribution in [0.25, 0.3) is 0 Å². The molecule has 0 atom stereocenters. The predicted molar refractivity (Wildman–Crippen MR) is 94.5 cm³/mol. The lowest BCUT2D eigenvalue weighted by atomic mass is 10.1. The van der Waals surface area contributed by atoms with Crippen LogP contribution in [0.5, 0.6) is 0 Å². The second kappa shape index (κ2) is 9.65. The third-order valence-electron chi connectivity index (χ3n) is 4.55. The molecule has 1 heterocycles. The van der Waals surface area contributed by atoms with Gasteiger partial charge in [-0.15, -0.1) is 0 Å². The lowest BCUT2D eigenvalue weighted by Crippen LogP contribution is -2.46. The molecule has 0 spiro atoms. The molecule has 1 fully saturated rings. The molecule has 0 unspecified atom stereocenters. The Kier molecular flexibility index (Phi) is 7.52. The summed E-state index contributed by atoms with van der Waals surface area (Å²) in [7, 11) is 0. The predicted octanol–water partition coefficient (Wildman–Crippen LogP) is 1.29. The van der Waals surface area contributed by atoms with Gasteiger partial charge >= 0.3 is 0 Å². The van der Waals surface area contributed by atoms with Crippen LogP contribution >= 0.6 is 0 Å². The molecule has 0 radical (unpaired) electrons. The number of carbonyl (C=O) groups is 1. The molecule has 1 saturated heterocycles. The van der Waals surface area contributed by atoms with Gasteiger partial charge in [0.1, 0.15) is 0 Å². The SMILES string of the molecule is CCN1CCN(CCCCNC(=O)c2ccc(CN)cc2)CC1. The topological polar surface area (TPSA) is 61.6 Å². The molecule has 128 valence electrons.